The topological polar surface area (TPSA) is 56.0 Å². The van der Waals surface area contributed by atoms with E-state index in [4.69, 9.17) is 5.73 Å². The van der Waals surface area contributed by atoms with Crippen molar-refractivity contribution in [2.24, 2.45) is 5.73 Å². The van der Waals surface area contributed by atoms with Crippen LogP contribution in [0, 0.1) is 5.95 Å². The number of hydrogen-bond donors (Lipinski definition) is 1. The third-order valence-corrected chi connectivity index (χ3v) is 1.01. The number of rotatable bonds is 1. The van der Waals surface area contributed by atoms with Gasteiger partial charge >= 0.3 is 0 Å². The highest BCUT2D eigenvalue weighted by Gasteiger charge is 1.98. The molecule has 4 heteroatoms. The summed E-state index contributed by atoms with van der Waals surface area (Å²) < 4.78 is 12.1. The van der Waals surface area contributed by atoms with Gasteiger partial charge < -0.3 is 5.73 Å². The van der Waals surface area contributed by atoms with Crippen molar-refractivity contribution in [2.45, 2.75) is 0 Å². The highest BCUT2D eigenvalue weighted by atomic mass is 18.2. The smallest absolute Gasteiger partial charge is 0.250 e. The normalized spacial score (nSPS) is 9.30. The molecular weight excluding hydrogens is 134 g/mol. The summed E-state index contributed by atoms with van der Waals surface area (Å²) in [4.78, 5) is 13.6. The summed E-state index contributed by atoms with van der Waals surface area (Å²) in [5.41, 5.74) is 5.07. The number of nitrogens with zero attached hydrogens (tertiary/aromatic N) is 1. The van der Waals surface area contributed by atoms with Crippen molar-refractivity contribution in [1.29, 1.82) is 0 Å². The van der Waals surface area contributed by atoms with Crippen molar-refractivity contribution in [2.75, 3.05) is 0 Å². The molecule has 0 radical (unpaired) electrons. The number of amides is 1. The predicted molar refractivity (Wildman–Crippen MR) is 32.7 cm³/mol. The minimum absolute atomic E-state index is 0.210. The molecule has 0 saturated heterocycles. The number of halogens is 1. The van der Waals surface area contributed by atoms with Gasteiger partial charge in [0.2, 0.25) is 11.9 Å². The van der Waals surface area contributed by atoms with E-state index in [1.807, 2.05) is 0 Å². The van der Waals surface area contributed by atoms with Crippen LogP contribution >= 0.6 is 0 Å². The van der Waals surface area contributed by atoms with Gasteiger partial charge in [0.1, 0.15) is 0 Å². The molecule has 0 aromatic carbocycles. The Hall–Kier alpha value is -1.45. The standard InChI is InChI=1S/C6H5FN2O/c7-5-2-1-4(3-9-5)6(8)10/h1-3H,(H2,8,10)/i7-1. The maximum absolute atomic E-state index is 12.1. The number of hydrogen-bond acceptors (Lipinski definition) is 2. The summed E-state index contributed by atoms with van der Waals surface area (Å²) in [6, 6.07) is 2.37. The van der Waals surface area contributed by atoms with Crippen LogP contribution in [-0.2, 0) is 0 Å². The van der Waals surface area contributed by atoms with Crippen molar-refractivity contribution < 1.29 is 9.18 Å². The van der Waals surface area contributed by atoms with Crippen molar-refractivity contribution >= 4 is 5.91 Å². The number of nitrogens with two attached hydrogens (primary N) is 1. The number of pyridine rings is 1. The fourth-order valence-corrected chi connectivity index (χ4v) is 0.522. The van der Waals surface area contributed by atoms with Crippen LogP contribution in [0.25, 0.3) is 0 Å². The summed E-state index contributed by atoms with van der Waals surface area (Å²) in [6.07, 6.45) is 1.09. The van der Waals surface area contributed by atoms with Crippen LogP contribution in [0.15, 0.2) is 18.3 Å². The van der Waals surface area contributed by atoms with Crippen LogP contribution in [0.5, 0.6) is 0 Å². The number of primary amides is 1. The number of aromatic nitrogens is 1. The zero-order chi connectivity index (χ0) is 7.56. The Morgan fingerprint density at radius 1 is 1.60 bits per heavy atom. The monoisotopic (exact) mass is 139 g/mol. The molecular formula is C6H5FN2O. The zero-order valence-corrected chi connectivity index (χ0v) is 5.04. The summed E-state index contributed by atoms with van der Waals surface area (Å²) >= 11 is 0. The van der Waals surface area contributed by atoms with Crippen LogP contribution in [0.3, 0.4) is 0 Å². The van der Waals surface area contributed by atoms with Gasteiger partial charge in [-0.25, -0.2) is 4.98 Å². The summed E-state index contributed by atoms with van der Waals surface area (Å²) in [5.74, 6) is -1.22. The molecule has 0 saturated carbocycles. The van der Waals surface area contributed by atoms with Crippen LogP contribution in [-0.4, -0.2) is 10.9 Å². The van der Waals surface area contributed by atoms with E-state index >= 15 is 0 Å². The third kappa shape index (κ3) is 1.28. The minimum atomic E-state index is -0.620. The van der Waals surface area contributed by atoms with E-state index in [9.17, 15) is 9.18 Å². The lowest BCUT2D eigenvalue weighted by molar-refractivity contribution is 0.1000. The molecule has 1 heterocycles. The average molecular weight is 139 g/mol. The first-order chi connectivity index (χ1) is 4.70. The van der Waals surface area contributed by atoms with Gasteiger partial charge in [-0.15, -0.1) is 0 Å². The van der Waals surface area contributed by atoms with Crippen molar-refractivity contribution in [3.63, 3.8) is 0 Å². The molecule has 0 fully saturated rings. The molecule has 2 N–H and O–H groups in total. The van der Waals surface area contributed by atoms with Crippen molar-refractivity contribution in [3.8, 4) is 0 Å². The molecule has 0 atom stereocenters. The molecule has 0 aliphatic rings. The Bertz CT molecular complexity index is 244. The molecule has 1 rings (SSSR count). The van der Waals surface area contributed by atoms with Gasteiger partial charge in [-0.3, -0.25) is 4.79 Å². The zero-order valence-electron chi connectivity index (χ0n) is 5.04. The Kier molecular flexibility index (Phi) is 1.62. The molecule has 1 aromatic rings. The van der Waals surface area contributed by atoms with E-state index in [0.29, 0.717) is 0 Å². The number of carbonyl (C=O) groups excluding carboxylic acids is 1. The molecule has 1 aromatic heterocycles. The highest BCUT2D eigenvalue weighted by Crippen LogP contribution is 1.96. The van der Waals surface area contributed by atoms with Crippen LogP contribution in [0.4, 0.5) is 4.39 Å². The third-order valence-electron chi connectivity index (χ3n) is 1.01. The van der Waals surface area contributed by atoms with E-state index < -0.39 is 11.9 Å². The maximum Gasteiger partial charge on any atom is 0.250 e. The lowest BCUT2D eigenvalue weighted by Crippen LogP contribution is -2.11. The largest absolute Gasteiger partial charge is 0.366 e. The van der Waals surface area contributed by atoms with Gasteiger partial charge in [0, 0.05) is 6.20 Å². The average Bonchev–Trinajstić information content (AvgIpc) is 1.88. The van der Waals surface area contributed by atoms with Gasteiger partial charge in [0.25, 0.3) is 0 Å². The fourth-order valence-electron chi connectivity index (χ4n) is 0.522. The Morgan fingerprint density at radius 3 is 2.70 bits per heavy atom. The Balaban J connectivity index is 3.00. The lowest BCUT2D eigenvalue weighted by Gasteiger charge is -1.91. The summed E-state index contributed by atoms with van der Waals surface area (Å²) in [5, 5.41) is 0. The summed E-state index contributed by atoms with van der Waals surface area (Å²) in [6.45, 7) is 0. The molecule has 10 heavy (non-hydrogen) atoms. The molecule has 52 valence electrons. The fraction of sp³-hybridized carbons (Fsp3) is 0. The first-order valence-corrected chi connectivity index (χ1v) is 2.61. The molecule has 0 spiro atoms. The first kappa shape index (κ1) is 6.67. The van der Waals surface area contributed by atoms with E-state index in [-0.39, 0.29) is 5.56 Å². The van der Waals surface area contributed by atoms with E-state index in [1.54, 1.807) is 0 Å². The second-order valence-electron chi connectivity index (χ2n) is 1.73. The molecule has 0 unspecified atom stereocenters. The SMILES string of the molecule is NC(=O)c1ccc([18F])nc1. The van der Waals surface area contributed by atoms with Gasteiger partial charge in [0.15, 0.2) is 0 Å². The minimum Gasteiger partial charge on any atom is -0.366 e. The van der Waals surface area contributed by atoms with Gasteiger partial charge in [0.05, 0.1) is 5.56 Å². The molecule has 3 nitrogen and oxygen atoms in total. The maximum atomic E-state index is 12.1. The van der Waals surface area contributed by atoms with E-state index in [0.717, 1.165) is 12.3 Å². The van der Waals surface area contributed by atoms with E-state index in [2.05, 4.69) is 4.98 Å². The quantitative estimate of drug-likeness (QED) is 0.569. The number of carbonyl (C=O) groups is 1. The lowest BCUT2D eigenvalue weighted by atomic mass is 10.3. The molecule has 0 bridgehead atoms. The predicted octanol–water partition coefficient (Wildman–Crippen LogP) is 0.320. The second-order valence-corrected chi connectivity index (χ2v) is 1.73. The second kappa shape index (κ2) is 2.43. The molecule has 0 aliphatic carbocycles. The molecule has 1 amide bonds. The molecule has 0 aliphatic heterocycles. The Labute approximate surface area is 56.7 Å². The van der Waals surface area contributed by atoms with Gasteiger partial charge in [-0.05, 0) is 12.1 Å². The Morgan fingerprint density at radius 2 is 2.30 bits per heavy atom. The van der Waals surface area contributed by atoms with Gasteiger partial charge in [-0.1, -0.05) is 0 Å². The van der Waals surface area contributed by atoms with E-state index in [1.165, 1.54) is 6.07 Å². The first-order valence-electron chi connectivity index (χ1n) is 2.61. The van der Waals surface area contributed by atoms with Gasteiger partial charge in [-0.2, -0.15) is 4.39 Å². The highest BCUT2D eigenvalue weighted by molar-refractivity contribution is 5.92. The van der Waals surface area contributed by atoms with Crippen LogP contribution in [0.1, 0.15) is 10.4 Å². The summed E-state index contributed by atoms with van der Waals surface area (Å²) in [7, 11) is 0. The van der Waals surface area contributed by atoms with Crippen LogP contribution < -0.4 is 5.73 Å². The van der Waals surface area contributed by atoms with Crippen molar-refractivity contribution in [1.82, 2.24) is 4.98 Å². The van der Waals surface area contributed by atoms with Crippen molar-refractivity contribution in [3.05, 3.63) is 29.8 Å². The van der Waals surface area contributed by atoms with Crippen LogP contribution in [0.2, 0.25) is 0 Å².